The quantitative estimate of drug-likeness (QED) is 0.872. The van der Waals surface area contributed by atoms with E-state index < -0.39 is 0 Å². The van der Waals surface area contributed by atoms with E-state index in [9.17, 15) is 9.18 Å². The summed E-state index contributed by atoms with van der Waals surface area (Å²) in [5, 5.41) is 3.23. The minimum Gasteiger partial charge on any atom is -0.317 e. The Kier molecular flexibility index (Phi) is 3.89. The molecule has 1 aromatic carbocycles. The van der Waals surface area contributed by atoms with Gasteiger partial charge in [0.1, 0.15) is 11.6 Å². The van der Waals surface area contributed by atoms with Crippen molar-refractivity contribution in [3.63, 3.8) is 0 Å². The lowest BCUT2D eigenvalue weighted by Crippen LogP contribution is -2.33. The molecule has 0 radical (unpaired) electrons. The molecule has 17 heavy (non-hydrogen) atoms. The maximum atomic E-state index is 13.6. The SMILES string of the molecule is CC(C(=O)C1CCNCC1)c1ccccc1F. The summed E-state index contributed by atoms with van der Waals surface area (Å²) in [7, 11) is 0. The molecule has 1 heterocycles. The molecule has 0 bridgehead atoms. The molecule has 2 nitrogen and oxygen atoms in total. The Morgan fingerprint density at radius 1 is 1.35 bits per heavy atom. The molecule has 3 heteroatoms. The zero-order valence-electron chi connectivity index (χ0n) is 10.1. The second-order valence-electron chi connectivity index (χ2n) is 4.67. The van der Waals surface area contributed by atoms with Gasteiger partial charge >= 0.3 is 0 Å². The number of piperidine rings is 1. The number of rotatable bonds is 3. The molecular formula is C14H18FNO. The molecule has 1 aliphatic heterocycles. The zero-order chi connectivity index (χ0) is 12.3. The van der Waals surface area contributed by atoms with Crippen LogP contribution in [0.5, 0.6) is 0 Å². The van der Waals surface area contributed by atoms with Crippen molar-refractivity contribution >= 4 is 5.78 Å². The third-order valence-corrected chi connectivity index (χ3v) is 3.54. The summed E-state index contributed by atoms with van der Waals surface area (Å²) in [5.41, 5.74) is 0.524. The van der Waals surface area contributed by atoms with E-state index in [1.54, 1.807) is 18.2 Å². The lowest BCUT2D eigenvalue weighted by atomic mass is 9.84. The molecule has 1 aliphatic rings. The molecular weight excluding hydrogens is 217 g/mol. The van der Waals surface area contributed by atoms with E-state index in [1.807, 2.05) is 6.92 Å². The van der Waals surface area contributed by atoms with Crippen LogP contribution in [0.3, 0.4) is 0 Å². The monoisotopic (exact) mass is 235 g/mol. The molecule has 1 unspecified atom stereocenters. The van der Waals surface area contributed by atoms with Crippen molar-refractivity contribution < 1.29 is 9.18 Å². The summed E-state index contributed by atoms with van der Waals surface area (Å²) in [6.07, 6.45) is 1.75. The van der Waals surface area contributed by atoms with Gasteiger partial charge in [-0.1, -0.05) is 25.1 Å². The number of carbonyl (C=O) groups is 1. The lowest BCUT2D eigenvalue weighted by Gasteiger charge is -2.24. The third-order valence-electron chi connectivity index (χ3n) is 3.54. The van der Waals surface area contributed by atoms with Gasteiger partial charge in [0.05, 0.1) is 0 Å². The van der Waals surface area contributed by atoms with Gasteiger partial charge in [-0.25, -0.2) is 4.39 Å². The van der Waals surface area contributed by atoms with Gasteiger partial charge < -0.3 is 5.32 Å². The summed E-state index contributed by atoms with van der Waals surface area (Å²) >= 11 is 0. The summed E-state index contributed by atoms with van der Waals surface area (Å²) in [4.78, 5) is 12.3. The average molecular weight is 235 g/mol. The van der Waals surface area contributed by atoms with E-state index in [2.05, 4.69) is 5.32 Å². The van der Waals surface area contributed by atoms with Crippen molar-refractivity contribution in [1.29, 1.82) is 0 Å². The molecule has 1 saturated heterocycles. The number of ketones is 1. The number of nitrogens with one attached hydrogen (secondary N) is 1. The third kappa shape index (κ3) is 2.72. The first-order valence-electron chi connectivity index (χ1n) is 6.19. The number of carbonyl (C=O) groups excluding carboxylic acids is 1. The number of benzene rings is 1. The maximum absolute atomic E-state index is 13.6. The Morgan fingerprint density at radius 3 is 2.65 bits per heavy atom. The summed E-state index contributed by atoms with van der Waals surface area (Å²) in [5.74, 6) is -0.343. The van der Waals surface area contributed by atoms with Crippen molar-refractivity contribution in [3.8, 4) is 0 Å². The van der Waals surface area contributed by atoms with Crippen LogP contribution in [0.25, 0.3) is 0 Å². The summed E-state index contributed by atoms with van der Waals surface area (Å²) in [6.45, 7) is 3.59. The Morgan fingerprint density at radius 2 is 2.00 bits per heavy atom. The Labute approximate surface area is 101 Å². The molecule has 0 saturated carbocycles. The normalized spacial score (nSPS) is 18.9. The summed E-state index contributed by atoms with van der Waals surface area (Å²) in [6, 6.07) is 6.56. The van der Waals surface area contributed by atoms with Crippen LogP contribution >= 0.6 is 0 Å². The van der Waals surface area contributed by atoms with Gasteiger partial charge in [-0.05, 0) is 37.6 Å². The molecule has 92 valence electrons. The Balaban J connectivity index is 2.11. The van der Waals surface area contributed by atoms with Crippen molar-refractivity contribution in [2.45, 2.75) is 25.7 Å². The van der Waals surface area contributed by atoms with Gasteiger partial charge in [-0.15, -0.1) is 0 Å². The standard InChI is InChI=1S/C14H18FNO/c1-10(12-4-2-3-5-13(12)15)14(17)11-6-8-16-9-7-11/h2-5,10-11,16H,6-9H2,1H3. The van der Waals surface area contributed by atoms with E-state index in [0.29, 0.717) is 5.56 Å². The van der Waals surface area contributed by atoms with Gasteiger partial charge in [0.2, 0.25) is 0 Å². The minimum absolute atomic E-state index is 0.0888. The molecule has 2 rings (SSSR count). The van der Waals surface area contributed by atoms with E-state index in [0.717, 1.165) is 25.9 Å². The topological polar surface area (TPSA) is 29.1 Å². The van der Waals surface area contributed by atoms with Crippen LogP contribution in [0.4, 0.5) is 4.39 Å². The van der Waals surface area contributed by atoms with E-state index in [1.165, 1.54) is 6.07 Å². The van der Waals surface area contributed by atoms with Crippen LogP contribution in [0, 0.1) is 11.7 Å². The fourth-order valence-corrected chi connectivity index (χ4v) is 2.44. The average Bonchev–Trinajstić information content (AvgIpc) is 2.39. The predicted octanol–water partition coefficient (Wildman–Crippen LogP) is 2.50. The van der Waals surface area contributed by atoms with Gasteiger partial charge in [0.15, 0.2) is 0 Å². The highest BCUT2D eigenvalue weighted by atomic mass is 19.1. The molecule has 1 aromatic rings. The molecule has 1 N–H and O–H groups in total. The minimum atomic E-state index is -0.334. The first kappa shape index (κ1) is 12.2. The van der Waals surface area contributed by atoms with Crippen LogP contribution in [-0.4, -0.2) is 18.9 Å². The number of halogens is 1. The van der Waals surface area contributed by atoms with E-state index >= 15 is 0 Å². The van der Waals surface area contributed by atoms with Crippen molar-refractivity contribution in [2.24, 2.45) is 5.92 Å². The fraction of sp³-hybridized carbons (Fsp3) is 0.500. The molecule has 1 fully saturated rings. The van der Waals surface area contributed by atoms with Gasteiger partial charge in [-0.2, -0.15) is 0 Å². The molecule has 0 aromatic heterocycles. The number of Topliss-reactive ketones (excluding diaryl/α,β-unsaturated/α-hetero) is 1. The Bertz CT molecular complexity index is 399. The zero-order valence-corrected chi connectivity index (χ0v) is 10.1. The maximum Gasteiger partial charge on any atom is 0.143 e. The predicted molar refractivity (Wildman–Crippen MR) is 65.4 cm³/mol. The lowest BCUT2D eigenvalue weighted by molar-refractivity contribution is -0.124. The van der Waals surface area contributed by atoms with Crippen LogP contribution in [-0.2, 0) is 4.79 Å². The number of hydrogen-bond acceptors (Lipinski definition) is 2. The fourth-order valence-electron chi connectivity index (χ4n) is 2.44. The molecule has 0 aliphatic carbocycles. The van der Waals surface area contributed by atoms with Gasteiger partial charge in [0, 0.05) is 11.8 Å². The highest BCUT2D eigenvalue weighted by Gasteiger charge is 2.27. The second kappa shape index (κ2) is 5.41. The van der Waals surface area contributed by atoms with Gasteiger partial charge in [-0.3, -0.25) is 4.79 Å². The number of hydrogen-bond donors (Lipinski definition) is 1. The van der Waals surface area contributed by atoms with Crippen molar-refractivity contribution in [3.05, 3.63) is 35.6 Å². The van der Waals surface area contributed by atoms with Crippen LogP contribution < -0.4 is 5.32 Å². The second-order valence-corrected chi connectivity index (χ2v) is 4.67. The molecule has 0 amide bonds. The van der Waals surface area contributed by atoms with Crippen molar-refractivity contribution in [1.82, 2.24) is 5.32 Å². The first-order chi connectivity index (χ1) is 8.20. The van der Waals surface area contributed by atoms with E-state index in [4.69, 9.17) is 0 Å². The molecule has 0 spiro atoms. The smallest absolute Gasteiger partial charge is 0.143 e. The largest absolute Gasteiger partial charge is 0.317 e. The highest BCUT2D eigenvalue weighted by Crippen LogP contribution is 2.26. The van der Waals surface area contributed by atoms with Crippen LogP contribution in [0.2, 0.25) is 0 Å². The van der Waals surface area contributed by atoms with Crippen LogP contribution in [0.1, 0.15) is 31.2 Å². The van der Waals surface area contributed by atoms with Crippen LogP contribution in [0.15, 0.2) is 24.3 Å². The van der Waals surface area contributed by atoms with E-state index in [-0.39, 0.29) is 23.4 Å². The first-order valence-corrected chi connectivity index (χ1v) is 6.19. The Hall–Kier alpha value is -1.22. The highest BCUT2D eigenvalue weighted by molar-refractivity contribution is 5.87. The van der Waals surface area contributed by atoms with Crippen molar-refractivity contribution in [2.75, 3.05) is 13.1 Å². The summed E-state index contributed by atoms with van der Waals surface area (Å²) < 4.78 is 13.6. The van der Waals surface area contributed by atoms with Gasteiger partial charge in [0.25, 0.3) is 0 Å². The molecule has 1 atom stereocenters.